The molecule has 0 heterocycles. The molecule has 1 amide bonds. The van der Waals surface area contributed by atoms with Gasteiger partial charge in [-0.15, -0.1) is 0 Å². The van der Waals surface area contributed by atoms with Crippen molar-refractivity contribution in [1.29, 1.82) is 0 Å². The van der Waals surface area contributed by atoms with Crippen LogP contribution in [-0.2, 0) is 9.63 Å². The Labute approximate surface area is 124 Å². The number of carbonyl (C=O) groups excluding carboxylic acids is 1. The molecular weight excluding hydrogens is 264 g/mol. The first-order chi connectivity index (χ1) is 10.3. The number of carbonyl (C=O) groups is 1. The van der Waals surface area contributed by atoms with Gasteiger partial charge in [0, 0.05) is 11.6 Å². The number of amides is 1. The van der Waals surface area contributed by atoms with E-state index in [9.17, 15) is 4.79 Å². The summed E-state index contributed by atoms with van der Waals surface area (Å²) >= 11 is 0. The third kappa shape index (κ3) is 3.83. The van der Waals surface area contributed by atoms with Crippen molar-refractivity contribution in [3.05, 3.63) is 60.7 Å². The highest BCUT2D eigenvalue weighted by molar-refractivity contribution is 5.94. The Bertz CT molecular complexity index is 586. The van der Waals surface area contributed by atoms with Crippen LogP contribution in [0.3, 0.4) is 0 Å². The van der Waals surface area contributed by atoms with Gasteiger partial charge in [-0.3, -0.25) is 15.1 Å². The fraction of sp³-hybridized carbons (Fsp3) is 0.235. The van der Waals surface area contributed by atoms with Gasteiger partial charge in [0.15, 0.2) is 0 Å². The molecule has 21 heavy (non-hydrogen) atoms. The van der Waals surface area contributed by atoms with Gasteiger partial charge in [0.1, 0.15) is 0 Å². The minimum atomic E-state index is 0.0581. The lowest BCUT2D eigenvalue weighted by atomic mass is 10.2. The second-order valence-electron chi connectivity index (χ2n) is 5.24. The SMILES string of the molecule is O=C(Nc1ccccc1)C1CC1CONc1ccccc1. The van der Waals surface area contributed by atoms with Crippen LogP contribution in [-0.4, -0.2) is 12.5 Å². The third-order valence-electron chi connectivity index (χ3n) is 3.56. The number of anilines is 2. The minimum Gasteiger partial charge on any atom is -0.326 e. The summed E-state index contributed by atoms with van der Waals surface area (Å²) in [5.74, 6) is 0.433. The van der Waals surface area contributed by atoms with E-state index in [1.807, 2.05) is 60.7 Å². The second kappa shape index (κ2) is 6.41. The fourth-order valence-electron chi connectivity index (χ4n) is 2.25. The lowest BCUT2D eigenvalue weighted by molar-refractivity contribution is -0.117. The van der Waals surface area contributed by atoms with Crippen LogP contribution < -0.4 is 10.8 Å². The van der Waals surface area contributed by atoms with E-state index < -0.39 is 0 Å². The molecule has 0 aliphatic heterocycles. The summed E-state index contributed by atoms with van der Waals surface area (Å²) in [6, 6.07) is 19.2. The second-order valence-corrected chi connectivity index (χ2v) is 5.24. The van der Waals surface area contributed by atoms with Crippen LogP contribution >= 0.6 is 0 Å². The maximum Gasteiger partial charge on any atom is 0.227 e. The molecule has 1 aliphatic carbocycles. The molecule has 0 radical (unpaired) electrons. The zero-order chi connectivity index (χ0) is 14.5. The van der Waals surface area contributed by atoms with Gasteiger partial charge in [-0.1, -0.05) is 36.4 Å². The number of nitrogens with one attached hydrogen (secondary N) is 2. The smallest absolute Gasteiger partial charge is 0.227 e. The molecule has 2 aromatic rings. The number of para-hydroxylation sites is 2. The van der Waals surface area contributed by atoms with E-state index in [2.05, 4.69) is 10.8 Å². The number of hydrogen-bond acceptors (Lipinski definition) is 3. The van der Waals surface area contributed by atoms with Crippen molar-refractivity contribution in [3.63, 3.8) is 0 Å². The van der Waals surface area contributed by atoms with Gasteiger partial charge in [0.05, 0.1) is 12.3 Å². The van der Waals surface area contributed by atoms with Crippen molar-refractivity contribution >= 4 is 17.3 Å². The van der Waals surface area contributed by atoms with Crippen molar-refractivity contribution in [2.24, 2.45) is 11.8 Å². The molecule has 1 aliphatic rings. The standard InChI is InChI=1S/C17H18N2O2/c20-17(18-14-7-3-1-4-8-14)16-11-13(16)12-21-19-15-9-5-2-6-10-15/h1-10,13,16,19H,11-12H2,(H,18,20). The molecule has 4 nitrogen and oxygen atoms in total. The summed E-state index contributed by atoms with van der Waals surface area (Å²) in [7, 11) is 0. The molecule has 0 bridgehead atoms. The maximum absolute atomic E-state index is 12.0. The van der Waals surface area contributed by atoms with E-state index in [0.29, 0.717) is 12.5 Å². The minimum absolute atomic E-state index is 0.0581. The predicted octanol–water partition coefficient (Wildman–Crippen LogP) is 3.30. The summed E-state index contributed by atoms with van der Waals surface area (Å²) in [6.07, 6.45) is 0.884. The molecular formula is C17H18N2O2. The molecule has 0 spiro atoms. The Kier molecular flexibility index (Phi) is 4.17. The zero-order valence-corrected chi connectivity index (χ0v) is 11.7. The van der Waals surface area contributed by atoms with Crippen LogP contribution in [0.5, 0.6) is 0 Å². The largest absolute Gasteiger partial charge is 0.326 e. The molecule has 4 heteroatoms. The Morgan fingerprint density at radius 2 is 1.62 bits per heavy atom. The molecule has 2 atom stereocenters. The summed E-state index contributed by atoms with van der Waals surface area (Å²) < 4.78 is 0. The summed E-state index contributed by atoms with van der Waals surface area (Å²) in [4.78, 5) is 17.5. The van der Waals surface area contributed by atoms with E-state index in [1.165, 1.54) is 0 Å². The monoisotopic (exact) mass is 282 g/mol. The topological polar surface area (TPSA) is 50.4 Å². The van der Waals surface area contributed by atoms with Gasteiger partial charge in [-0.25, -0.2) is 0 Å². The molecule has 1 saturated carbocycles. The lowest BCUT2D eigenvalue weighted by Gasteiger charge is -2.07. The molecule has 108 valence electrons. The van der Waals surface area contributed by atoms with E-state index in [1.54, 1.807) is 0 Å². The van der Waals surface area contributed by atoms with Gasteiger partial charge in [-0.2, -0.15) is 0 Å². The van der Waals surface area contributed by atoms with Crippen LogP contribution in [0, 0.1) is 11.8 Å². The number of rotatable bonds is 6. The Morgan fingerprint density at radius 3 is 2.29 bits per heavy atom. The van der Waals surface area contributed by atoms with Gasteiger partial charge in [-0.05, 0) is 36.6 Å². The highest BCUT2D eigenvalue weighted by Gasteiger charge is 2.43. The van der Waals surface area contributed by atoms with Crippen molar-refractivity contribution in [2.45, 2.75) is 6.42 Å². The number of benzene rings is 2. The van der Waals surface area contributed by atoms with Crippen molar-refractivity contribution in [3.8, 4) is 0 Å². The normalized spacial score (nSPS) is 19.8. The molecule has 0 saturated heterocycles. The first kappa shape index (κ1) is 13.6. The van der Waals surface area contributed by atoms with Gasteiger partial charge < -0.3 is 5.32 Å². The van der Waals surface area contributed by atoms with Crippen molar-refractivity contribution in [2.75, 3.05) is 17.4 Å². The zero-order valence-electron chi connectivity index (χ0n) is 11.7. The van der Waals surface area contributed by atoms with Gasteiger partial charge in [0.2, 0.25) is 5.91 Å². The fourth-order valence-corrected chi connectivity index (χ4v) is 2.25. The van der Waals surface area contributed by atoms with Gasteiger partial charge >= 0.3 is 0 Å². The van der Waals surface area contributed by atoms with Crippen LogP contribution in [0.25, 0.3) is 0 Å². The Morgan fingerprint density at radius 1 is 1.00 bits per heavy atom. The van der Waals surface area contributed by atoms with Crippen LogP contribution in [0.1, 0.15) is 6.42 Å². The molecule has 2 unspecified atom stereocenters. The van der Waals surface area contributed by atoms with Crippen LogP contribution in [0.15, 0.2) is 60.7 Å². The quantitative estimate of drug-likeness (QED) is 0.799. The highest BCUT2D eigenvalue weighted by atomic mass is 16.6. The van der Waals surface area contributed by atoms with E-state index in [-0.39, 0.29) is 11.8 Å². The molecule has 3 rings (SSSR count). The Balaban J connectivity index is 1.39. The first-order valence-electron chi connectivity index (χ1n) is 7.12. The summed E-state index contributed by atoms with van der Waals surface area (Å²) in [5, 5.41) is 2.93. The predicted molar refractivity (Wildman–Crippen MR) is 82.7 cm³/mol. The van der Waals surface area contributed by atoms with Crippen molar-refractivity contribution in [1.82, 2.24) is 0 Å². The average molecular weight is 282 g/mol. The lowest BCUT2D eigenvalue weighted by Crippen LogP contribution is -2.16. The molecule has 2 N–H and O–H groups in total. The van der Waals surface area contributed by atoms with Crippen LogP contribution in [0.2, 0.25) is 0 Å². The number of hydrogen-bond donors (Lipinski definition) is 2. The van der Waals surface area contributed by atoms with E-state index >= 15 is 0 Å². The first-order valence-corrected chi connectivity index (χ1v) is 7.12. The van der Waals surface area contributed by atoms with Crippen LogP contribution in [0.4, 0.5) is 11.4 Å². The maximum atomic E-state index is 12.0. The van der Waals surface area contributed by atoms with E-state index in [4.69, 9.17) is 4.84 Å². The summed E-state index contributed by atoms with van der Waals surface area (Å²) in [5.41, 5.74) is 4.66. The Hall–Kier alpha value is -2.33. The third-order valence-corrected chi connectivity index (χ3v) is 3.56. The molecule has 1 fully saturated rings. The molecule has 0 aromatic heterocycles. The molecule has 2 aromatic carbocycles. The van der Waals surface area contributed by atoms with Crippen molar-refractivity contribution < 1.29 is 9.63 Å². The highest BCUT2D eigenvalue weighted by Crippen LogP contribution is 2.39. The van der Waals surface area contributed by atoms with Gasteiger partial charge in [0.25, 0.3) is 0 Å². The average Bonchev–Trinajstić information content (AvgIpc) is 3.29. The summed E-state index contributed by atoms with van der Waals surface area (Å²) in [6.45, 7) is 0.543. The van der Waals surface area contributed by atoms with E-state index in [0.717, 1.165) is 17.8 Å².